The number of para-hydroxylation sites is 1. The zero-order valence-corrected chi connectivity index (χ0v) is 17.3. The van der Waals surface area contributed by atoms with Crippen LogP contribution in [-0.2, 0) is 23.8 Å². The fourth-order valence-corrected chi connectivity index (χ4v) is 3.11. The van der Waals surface area contributed by atoms with Crippen molar-refractivity contribution < 1.29 is 42.2 Å². The van der Waals surface area contributed by atoms with Gasteiger partial charge >= 0.3 is 17.4 Å². The number of pyridine rings is 1. The van der Waals surface area contributed by atoms with E-state index in [1.807, 2.05) is 24.4 Å². The molecular formula is C21H15Cl3CrN. The molecule has 1 nitrogen and oxygen atoms in total. The Morgan fingerprint density at radius 2 is 1.69 bits per heavy atom. The molecule has 1 aromatic heterocycles. The van der Waals surface area contributed by atoms with E-state index >= 15 is 0 Å². The Morgan fingerprint density at radius 3 is 2.46 bits per heavy atom. The Labute approximate surface area is 182 Å². The molecule has 1 aliphatic rings. The Hall–Kier alpha value is -1.27. The van der Waals surface area contributed by atoms with Crippen LogP contribution in [0.4, 0.5) is 0 Å². The van der Waals surface area contributed by atoms with Crippen LogP contribution in [0.25, 0.3) is 16.5 Å². The predicted octanol–water partition coefficient (Wildman–Crippen LogP) is -0.347. The maximum Gasteiger partial charge on any atom is 3.00 e. The van der Waals surface area contributed by atoms with Crippen LogP contribution >= 0.6 is 11.6 Å². The molecule has 5 heteroatoms. The van der Waals surface area contributed by atoms with Crippen molar-refractivity contribution in [1.29, 1.82) is 0 Å². The molecule has 0 atom stereocenters. The van der Waals surface area contributed by atoms with Gasteiger partial charge in [0.1, 0.15) is 0 Å². The van der Waals surface area contributed by atoms with Gasteiger partial charge in [-0.15, -0.1) is 6.07 Å². The molecule has 4 rings (SSSR count). The van der Waals surface area contributed by atoms with Crippen molar-refractivity contribution in [2.45, 2.75) is 12.8 Å². The van der Waals surface area contributed by atoms with Gasteiger partial charge in [0, 0.05) is 16.7 Å². The summed E-state index contributed by atoms with van der Waals surface area (Å²) >= 11 is 5.95. The second kappa shape index (κ2) is 10.2. The van der Waals surface area contributed by atoms with E-state index in [0.29, 0.717) is 0 Å². The Kier molecular flexibility index (Phi) is 8.90. The molecule has 1 radical (unpaired) electrons. The number of allylic oxidation sites excluding steroid dienone is 4. The van der Waals surface area contributed by atoms with Crippen LogP contribution in [-0.4, -0.2) is 4.98 Å². The van der Waals surface area contributed by atoms with Gasteiger partial charge in [0.25, 0.3) is 0 Å². The number of halogens is 3. The summed E-state index contributed by atoms with van der Waals surface area (Å²) < 4.78 is 0. The first-order chi connectivity index (χ1) is 11.3. The summed E-state index contributed by atoms with van der Waals surface area (Å²) in [7, 11) is 0. The molecular weight excluding hydrogens is 425 g/mol. The number of benzene rings is 2. The Bertz CT molecular complexity index is 928. The van der Waals surface area contributed by atoms with Crippen LogP contribution in [0.2, 0.25) is 5.02 Å². The van der Waals surface area contributed by atoms with Crippen molar-refractivity contribution in [2.24, 2.45) is 0 Å². The summed E-state index contributed by atoms with van der Waals surface area (Å²) in [5.74, 6) is 0. The van der Waals surface area contributed by atoms with E-state index in [4.69, 9.17) is 11.6 Å². The molecule has 0 amide bonds. The quantitative estimate of drug-likeness (QED) is 0.509. The molecule has 0 unspecified atom stereocenters. The standard InChI is InChI=1S/C21H15ClN.2ClH.Cr/c22-19-10-7-15(8-11-19)13-16-6-9-18(14-16)20-5-1-3-17-4-2-12-23-21(17)20;;;/h1-8,10-12H,9,13H2;2*1H;/q-1;;;+3/p-2. The van der Waals surface area contributed by atoms with Crippen molar-refractivity contribution in [1.82, 2.24) is 4.98 Å². The second-order valence-corrected chi connectivity index (χ2v) is 6.16. The van der Waals surface area contributed by atoms with Crippen molar-refractivity contribution in [3.05, 3.63) is 94.7 Å². The Balaban J connectivity index is 0.00000113. The van der Waals surface area contributed by atoms with Crippen molar-refractivity contribution >= 4 is 28.1 Å². The van der Waals surface area contributed by atoms with Gasteiger partial charge in [0.2, 0.25) is 0 Å². The fraction of sp³-hybridized carbons (Fsp3) is 0.0952. The van der Waals surface area contributed by atoms with E-state index in [1.165, 1.54) is 27.7 Å². The minimum absolute atomic E-state index is 0. The molecule has 0 saturated heterocycles. The minimum atomic E-state index is 0. The van der Waals surface area contributed by atoms with E-state index in [2.05, 4.69) is 53.5 Å². The van der Waals surface area contributed by atoms with Gasteiger partial charge in [-0.05, 0) is 35.6 Å². The van der Waals surface area contributed by atoms with E-state index in [1.54, 1.807) is 0 Å². The van der Waals surface area contributed by atoms with Gasteiger partial charge in [0.15, 0.2) is 0 Å². The molecule has 0 N–H and O–H groups in total. The average Bonchev–Trinajstić information content (AvgIpc) is 3.05. The summed E-state index contributed by atoms with van der Waals surface area (Å²) in [6.07, 6.45) is 9.48. The van der Waals surface area contributed by atoms with E-state index in [-0.39, 0.29) is 42.2 Å². The largest absolute Gasteiger partial charge is 3.00 e. The van der Waals surface area contributed by atoms with Crippen molar-refractivity contribution in [3.8, 4) is 0 Å². The minimum Gasteiger partial charge on any atom is -1.00 e. The van der Waals surface area contributed by atoms with Crippen molar-refractivity contribution in [2.75, 3.05) is 0 Å². The molecule has 0 aliphatic heterocycles. The number of aromatic nitrogens is 1. The summed E-state index contributed by atoms with van der Waals surface area (Å²) in [5.41, 5.74) is 5.95. The first kappa shape index (κ1) is 22.8. The van der Waals surface area contributed by atoms with Crippen LogP contribution in [0.1, 0.15) is 17.5 Å². The zero-order chi connectivity index (χ0) is 15.6. The van der Waals surface area contributed by atoms with Gasteiger partial charge in [-0.3, -0.25) is 4.98 Å². The third kappa shape index (κ3) is 4.92. The first-order valence-corrected chi connectivity index (χ1v) is 8.08. The molecule has 0 bridgehead atoms. The number of rotatable bonds is 3. The number of hydrogen-bond acceptors (Lipinski definition) is 1. The van der Waals surface area contributed by atoms with Crippen LogP contribution in [0, 0.1) is 6.08 Å². The smallest absolute Gasteiger partial charge is 1.00 e. The monoisotopic (exact) mass is 438 g/mol. The fourth-order valence-electron chi connectivity index (χ4n) is 2.98. The van der Waals surface area contributed by atoms with Gasteiger partial charge in [0.05, 0.1) is 0 Å². The topological polar surface area (TPSA) is 12.9 Å². The molecule has 26 heavy (non-hydrogen) atoms. The van der Waals surface area contributed by atoms with Crippen LogP contribution in [0.15, 0.2) is 72.4 Å². The molecule has 3 aromatic rings. The number of hydrogen-bond donors (Lipinski definition) is 0. The van der Waals surface area contributed by atoms with E-state index < -0.39 is 0 Å². The van der Waals surface area contributed by atoms with Crippen LogP contribution < -0.4 is 24.8 Å². The third-order valence-electron chi connectivity index (χ3n) is 4.13. The Morgan fingerprint density at radius 1 is 0.962 bits per heavy atom. The molecule has 0 fully saturated rings. The predicted molar refractivity (Wildman–Crippen MR) is 96.2 cm³/mol. The summed E-state index contributed by atoms with van der Waals surface area (Å²) in [6, 6.07) is 18.4. The molecule has 0 saturated carbocycles. The van der Waals surface area contributed by atoms with Crippen molar-refractivity contribution in [3.63, 3.8) is 0 Å². The zero-order valence-electron chi connectivity index (χ0n) is 13.8. The van der Waals surface area contributed by atoms with Crippen LogP contribution in [0.3, 0.4) is 0 Å². The van der Waals surface area contributed by atoms with E-state index in [0.717, 1.165) is 23.4 Å². The average molecular weight is 440 g/mol. The third-order valence-corrected chi connectivity index (χ3v) is 4.38. The molecule has 0 spiro atoms. The van der Waals surface area contributed by atoms with Gasteiger partial charge < -0.3 is 24.8 Å². The van der Waals surface area contributed by atoms with E-state index in [9.17, 15) is 0 Å². The normalized spacial score (nSPS) is 12.3. The van der Waals surface area contributed by atoms with Gasteiger partial charge in [-0.1, -0.05) is 53.9 Å². The molecule has 1 aliphatic carbocycles. The molecule has 1 heterocycles. The molecule has 2 aromatic carbocycles. The first-order valence-electron chi connectivity index (χ1n) is 7.70. The maximum absolute atomic E-state index is 5.95. The number of nitrogens with zero attached hydrogens (tertiary/aromatic N) is 1. The summed E-state index contributed by atoms with van der Waals surface area (Å²) in [5, 5.41) is 1.95. The second-order valence-electron chi connectivity index (χ2n) is 5.72. The summed E-state index contributed by atoms with van der Waals surface area (Å²) in [4.78, 5) is 4.55. The molecule has 131 valence electrons. The van der Waals surface area contributed by atoms with Gasteiger partial charge in [-0.2, -0.15) is 23.3 Å². The van der Waals surface area contributed by atoms with Crippen LogP contribution in [0.5, 0.6) is 0 Å². The van der Waals surface area contributed by atoms with Gasteiger partial charge in [-0.25, -0.2) is 0 Å². The maximum atomic E-state index is 5.95. The summed E-state index contributed by atoms with van der Waals surface area (Å²) in [6.45, 7) is 0. The number of fused-ring (bicyclic) bond motifs is 1. The SMILES string of the molecule is Clc1ccc(CC2=CCC(c3cccc4cccnc34)=[C-]2)cc1.[Cl-].[Cl-].[Cr+3].